The minimum absolute atomic E-state index is 0.220. The van der Waals surface area contributed by atoms with Gasteiger partial charge in [0.1, 0.15) is 5.75 Å². The van der Waals surface area contributed by atoms with Crippen molar-refractivity contribution in [3.05, 3.63) is 41.5 Å². The van der Waals surface area contributed by atoms with Crippen molar-refractivity contribution in [2.24, 2.45) is 46.3 Å². The number of esters is 1. The van der Waals surface area contributed by atoms with Crippen LogP contribution in [-0.4, -0.2) is 5.97 Å². The minimum atomic E-state index is -0.220. The fourth-order valence-electron chi connectivity index (χ4n) is 10.0. The van der Waals surface area contributed by atoms with E-state index in [1.807, 2.05) is 12.1 Å². The van der Waals surface area contributed by atoms with Crippen LogP contribution in [-0.2, 0) is 4.79 Å². The van der Waals surface area contributed by atoms with Crippen molar-refractivity contribution in [1.82, 2.24) is 0 Å². The van der Waals surface area contributed by atoms with Gasteiger partial charge in [0.15, 0.2) is 0 Å². The zero-order valence-corrected chi connectivity index (χ0v) is 24.5. The third kappa shape index (κ3) is 4.96. The summed E-state index contributed by atoms with van der Waals surface area (Å²) in [5, 5.41) is 0. The van der Waals surface area contributed by atoms with E-state index in [9.17, 15) is 4.79 Å². The SMILES string of the molecule is CC(=O)Oc1ccccc1[C@H]1CC[C@@]2(C)C(=CC[C@H]3[C@@H]4CC[C@H]([C@H](C)CCCC(C)C)[C@@]4(C)CC[C@@H]32)C1. The van der Waals surface area contributed by atoms with Gasteiger partial charge >= 0.3 is 5.97 Å². The molecule has 2 heteroatoms. The summed E-state index contributed by atoms with van der Waals surface area (Å²) in [6.07, 6.45) is 17.6. The molecule has 0 aliphatic heterocycles. The molecule has 4 aliphatic rings. The number of para-hydroxylation sites is 1. The van der Waals surface area contributed by atoms with Crippen LogP contribution in [0.4, 0.5) is 0 Å². The summed E-state index contributed by atoms with van der Waals surface area (Å²) in [5.41, 5.74) is 3.85. The van der Waals surface area contributed by atoms with Crippen molar-refractivity contribution in [3.63, 3.8) is 0 Å². The van der Waals surface area contributed by atoms with Crippen LogP contribution < -0.4 is 4.74 Å². The van der Waals surface area contributed by atoms with E-state index in [1.54, 1.807) is 5.57 Å². The van der Waals surface area contributed by atoms with E-state index < -0.39 is 0 Å². The number of hydrogen-bond donors (Lipinski definition) is 0. The van der Waals surface area contributed by atoms with E-state index in [1.165, 1.54) is 76.7 Å². The average Bonchev–Trinajstić information content (AvgIpc) is 3.20. The maximum absolute atomic E-state index is 11.7. The van der Waals surface area contributed by atoms with Crippen molar-refractivity contribution >= 4 is 5.97 Å². The molecule has 3 fully saturated rings. The Morgan fingerprint density at radius 3 is 2.54 bits per heavy atom. The Hall–Kier alpha value is -1.57. The molecular weight excluding hydrogens is 452 g/mol. The molecule has 0 amide bonds. The molecule has 8 atom stereocenters. The summed E-state index contributed by atoms with van der Waals surface area (Å²) in [5.74, 6) is 6.30. The van der Waals surface area contributed by atoms with Crippen LogP contribution in [0.25, 0.3) is 0 Å². The van der Waals surface area contributed by atoms with Crippen LogP contribution in [0.15, 0.2) is 35.9 Å². The molecule has 0 bridgehead atoms. The van der Waals surface area contributed by atoms with Gasteiger partial charge in [-0.1, -0.05) is 83.7 Å². The topological polar surface area (TPSA) is 26.3 Å². The smallest absolute Gasteiger partial charge is 0.308 e. The third-order valence-electron chi connectivity index (χ3n) is 11.9. The Morgan fingerprint density at radius 1 is 1.00 bits per heavy atom. The lowest BCUT2D eigenvalue weighted by molar-refractivity contribution is -0.131. The fraction of sp³-hybridized carbons (Fsp3) is 0.743. The molecule has 0 radical (unpaired) electrons. The molecule has 0 N–H and O–H groups in total. The second-order valence-corrected chi connectivity index (χ2v) is 14.4. The molecule has 4 aliphatic carbocycles. The van der Waals surface area contributed by atoms with Crippen LogP contribution in [0.1, 0.15) is 124 Å². The maximum Gasteiger partial charge on any atom is 0.308 e. The van der Waals surface area contributed by atoms with Crippen LogP contribution >= 0.6 is 0 Å². The number of carbonyl (C=O) groups is 1. The van der Waals surface area contributed by atoms with Crippen molar-refractivity contribution in [2.75, 3.05) is 0 Å². The molecule has 0 unspecified atom stereocenters. The second-order valence-electron chi connectivity index (χ2n) is 14.4. The monoisotopic (exact) mass is 504 g/mol. The van der Waals surface area contributed by atoms with Gasteiger partial charge in [-0.3, -0.25) is 4.79 Å². The van der Waals surface area contributed by atoms with Gasteiger partial charge in [-0.2, -0.15) is 0 Å². The largest absolute Gasteiger partial charge is 0.426 e. The van der Waals surface area contributed by atoms with Gasteiger partial charge in [-0.15, -0.1) is 0 Å². The van der Waals surface area contributed by atoms with Crippen LogP contribution in [0, 0.1) is 46.3 Å². The van der Waals surface area contributed by atoms with Gasteiger partial charge in [0.2, 0.25) is 0 Å². The highest BCUT2D eigenvalue weighted by Crippen LogP contribution is 2.68. The molecule has 37 heavy (non-hydrogen) atoms. The summed E-state index contributed by atoms with van der Waals surface area (Å²) >= 11 is 0. The highest BCUT2D eigenvalue weighted by Gasteiger charge is 2.59. The second kappa shape index (κ2) is 10.5. The molecule has 0 spiro atoms. The van der Waals surface area contributed by atoms with E-state index in [-0.39, 0.29) is 5.97 Å². The molecule has 204 valence electrons. The quantitative estimate of drug-likeness (QED) is 0.210. The van der Waals surface area contributed by atoms with Crippen LogP contribution in [0.3, 0.4) is 0 Å². The van der Waals surface area contributed by atoms with Crippen LogP contribution in [0.2, 0.25) is 0 Å². The third-order valence-corrected chi connectivity index (χ3v) is 11.9. The normalized spacial score (nSPS) is 37.8. The van der Waals surface area contributed by atoms with Crippen molar-refractivity contribution < 1.29 is 9.53 Å². The average molecular weight is 505 g/mol. The Balaban J connectivity index is 1.31. The predicted molar refractivity (Wildman–Crippen MR) is 154 cm³/mol. The summed E-state index contributed by atoms with van der Waals surface area (Å²) in [6.45, 7) is 14.2. The minimum Gasteiger partial charge on any atom is -0.426 e. The first-order valence-electron chi connectivity index (χ1n) is 15.6. The number of rotatable bonds is 7. The summed E-state index contributed by atoms with van der Waals surface area (Å²) in [7, 11) is 0. The fourth-order valence-corrected chi connectivity index (χ4v) is 10.0. The molecule has 5 rings (SSSR count). The van der Waals surface area contributed by atoms with E-state index in [4.69, 9.17) is 4.74 Å². The standard InChI is InChI=1S/C35H52O2/c1-23(2)10-9-11-24(3)30-16-17-31-29-15-14-27-22-26(28-12-7-8-13-33(28)37-25(4)36)18-20-34(27,5)32(29)19-21-35(30,31)6/h7-8,12-14,23-24,26,29-32H,9-11,15-22H2,1-6H3/t24-,26+,29+,30-,31+,32+,34+,35-/m1/s1. The van der Waals surface area contributed by atoms with Gasteiger partial charge in [0, 0.05) is 6.92 Å². The van der Waals surface area contributed by atoms with Gasteiger partial charge < -0.3 is 4.74 Å². The lowest BCUT2D eigenvalue weighted by atomic mass is 9.46. The Kier molecular flexibility index (Phi) is 7.69. The Labute approximate surface area is 227 Å². The molecule has 0 heterocycles. The van der Waals surface area contributed by atoms with Crippen molar-refractivity contribution in [1.29, 1.82) is 0 Å². The van der Waals surface area contributed by atoms with Gasteiger partial charge in [0.05, 0.1) is 0 Å². The zero-order valence-electron chi connectivity index (χ0n) is 24.5. The number of carbonyl (C=O) groups excluding carboxylic acids is 1. The molecule has 2 nitrogen and oxygen atoms in total. The number of fused-ring (bicyclic) bond motifs is 5. The highest BCUT2D eigenvalue weighted by atomic mass is 16.5. The lowest BCUT2D eigenvalue weighted by Crippen LogP contribution is -2.50. The number of benzene rings is 1. The van der Waals surface area contributed by atoms with E-state index >= 15 is 0 Å². The van der Waals surface area contributed by atoms with E-state index in [0.717, 1.165) is 47.7 Å². The summed E-state index contributed by atoms with van der Waals surface area (Å²) < 4.78 is 5.61. The number of ether oxygens (including phenoxy) is 1. The molecule has 0 aromatic heterocycles. The Morgan fingerprint density at radius 2 is 1.78 bits per heavy atom. The summed E-state index contributed by atoms with van der Waals surface area (Å²) in [4.78, 5) is 11.7. The highest BCUT2D eigenvalue weighted by molar-refractivity contribution is 5.70. The molecule has 1 aromatic rings. The van der Waals surface area contributed by atoms with Gasteiger partial charge in [-0.05, 0) is 115 Å². The zero-order chi connectivity index (χ0) is 26.4. The van der Waals surface area contributed by atoms with E-state index in [2.05, 4.69) is 52.8 Å². The Bertz CT molecular complexity index is 1010. The first-order chi connectivity index (χ1) is 17.6. The van der Waals surface area contributed by atoms with Crippen LogP contribution in [0.5, 0.6) is 5.75 Å². The molecule has 0 saturated heterocycles. The van der Waals surface area contributed by atoms with Crippen molar-refractivity contribution in [3.8, 4) is 5.75 Å². The number of allylic oxidation sites excluding steroid dienone is 2. The first kappa shape index (κ1) is 27.0. The summed E-state index contributed by atoms with van der Waals surface area (Å²) in [6, 6.07) is 8.24. The van der Waals surface area contributed by atoms with Gasteiger partial charge in [0.25, 0.3) is 0 Å². The number of hydrogen-bond acceptors (Lipinski definition) is 2. The van der Waals surface area contributed by atoms with Gasteiger partial charge in [-0.25, -0.2) is 0 Å². The molecule has 1 aromatic carbocycles. The molecule has 3 saturated carbocycles. The van der Waals surface area contributed by atoms with E-state index in [0.29, 0.717) is 16.7 Å². The predicted octanol–water partition coefficient (Wildman–Crippen LogP) is 9.74. The first-order valence-corrected chi connectivity index (χ1v) is 15.6. The molecular formula is C35H52O2. The lowest BCUT2D eigenvalue weighted by Gasteiger charge is -2.58. The van der Waals surface area contributed by atoms with Crippen molar-refractivity contribution in [2.45, 2.75) is 118 Å². The maximum atomic E-state index is 11.7.